The maximum absolute atomic E-state index is 12.3. The van der Waals surface area contributed by atoms with Crippen LogP contribution in [0, 0.1) is 7.14 Å². The first-order chi connectivity index (χ1) is 13.0. The van der Waals surface area contributed by atoms with Crippen molar-refractivity contribution in [3.63, 3.8) is 0 Å². The molecule has 3 aromatic carbocycles. The molecule has 0 N–H and O–H groups in total. The van der Waals surface area contributed by atoms with Crippen LogP contribution in [-0.4, -0.2) is 19.0 Å². The number of fused-ring (bicyclic) bond motifs is 1. The second-order valence-corrected chi connectivity index (χ2v) is 8.32. The predicted octanol–water partition coefficient (Wildman–Crippen LogP) is 5.40. The lowest BCUT2D eigenvalue weighted by molar-refractivity contribution is -0.129. The zero-order chi connectivity index (χ0) is 19.0. The molecule has 0 spiro atoms. The van der Waals surface area contributed by atoms with Gasteiger partial charge < -0.3 is 9.47 Å². The van der Waals surface area contributed by atoms with Gasteiger partial charge in [0.15, 0.2) is 5.70 Å². The lowest BCUT2D eigenvalue weighted by atomic mass is 10.1. The van der Waals surface area contributed by atoms with Gasteiger partial charge in [0.25, 0.3) is 0 Å². The minimum atomic E-state index is -0.464. The Bertz CT molecular complexity index is 1140. The van der Waals surface area contributed by atoms with E-state index in [1.54, 1.807) is 13.2 Å². The highest BCUT2D eigenvalue weighted by Gasteiger charge is 2.25. The fourth-order valence-electron chi connectivity index (χ4n) is 2.91. The van der Waals surface area contributed by atoms with Gasteiger partial charge in [0.2, 0.25) is 5.90 Å². The molecule has 0 bridgehead atoms. The second kappa shape index (κ2) is 7.59. The Morgan fingerprint density at radius 2 is 1.81 bits per heavy atom. The summed E-state index contributed by atoms with van der Waals surface area (Å²) in [5.41, 5.74) is 1.83. The van der Waals surface area contributed by atoms with Crippen LogP contribution < -0.4 is 4.74 Å². The van der Waals surface area contributed by atoms with E-state index in [0.29, 0.717) is 11.6 Å². The van der Waals surface area contributed by atoms with Gasteiger partial charge in [-0.15, -0.1) is 0 Å². The van der Waals surface area contributed by atoms with Crippen LogP contribution in [0.5, 0.6) is 5.75 Å². The lowest BCUT2D eigenvalue weighted by Gasteiger charge is -2.08. The molecule has 27 heavy (non-hydrogen) atoms. The molecule has 4 nitrogen and oxygen atoms in total. The first kappa shape index (κ1) is 18.4. The van der Waals surface area contributed by atoms with Crippen molar-refractivity contribution in [1.82, 2.24) is 0 Å². The van der Waals surface area contributed by atoms with Gasteiger partial charge in [0, 0.05) is 14.7 Å². The van der Waals surface area contributed by atoms with E-state index in [0.717, 1.165) is 29.0 Å². The van der Waals surface area contributed by atoms with Gasteiger partial charge >= 0.3 is 5.97 Å². The highest BCUT2D eigenvalue weighted by Crippen LogP contribution is 2.31. The van der Waals surface area contributed by atoms with Crippen molar-refractivity contribution in [2.75, 3.05) is 7.11 Å². The van der Waals surface area contributed by atoms with E-state index in [-0.39, 0.29) is 5.70 Å². The number of ether oxygens (including phenoxy) is 2. The Kier molecular flexibility index (Phi) is 5.18. The third-order valence-corrected chi connectivity index (χ3v) is 5.57. The van der Waals surface area contributed by atoms with Gasteiger partial charge in [0.05, 0.1) is 10.7 Å². The van der Waals surface area contributed by atoms with Crippen LogP contribution in [0.1, 0.15) is 11.1 Å². The number of cyclic esters (lactones) is 1. The number of aliphatic imine (C=N–C) groups is 1. The van der Waals surface area contributed by atoms with E-state index in [1.165, 1.54) is 0 Å². The molecule has 0 atom stereocenters. The average Bonchev–Trinajstić information content (AvgIpc) is 3.01. The molecule has 0 unspecified atom stereocenters. The molecular weight excluding hydrogens is 568 g/mol. The monoisotopic (exact) mass is 581 g/mol. The van der Waals surface area contributed by atoms with Gasteiger partial charge in [-0.3, -0.25) is 0 Å². The topological polar surface area (TPSA) is 47.9 Å². The number of esters is 1. The van der Waals surface area contributed by atoms with Gasteiger partial charge in [-0.05, 0) is 86.3 Å². The highest BCUT2D eigenvalue weighted by molar-refractivity contribution is 14.1. The summed E-state index contributed by atoms with van der Waals surface area (Å²) in [6.45, 7) is 0. The van der Waals surface area contributed by atoms with Crippen molar-refractivity contribution < 1.29 is 14.3 Å². The molecule has 0 aliphatic carbocycles. The number of hydrogen-bond acceptors (Lipinski definition) is 4. The van der Waals surface area contributed by atoms with Crippen LogP contribution >= 0.6 is 45.2 Å². The van der Waals surface area contributed by atoms with Crippen molar-refractivity contribution in [3.05, 3.63) is 78.6 Å². The van der Waals surface area contributed by atoms with Crippen LogP contribution in [-0.2, 0) is 9.53 Å². The third kappa shape index (κ3) is 3.73. The van der Waals surface area contributed by atoms with Crippen molar-refractivity contribution in [2.24, 2.45) is 4.99 Å². The molecule has 1 aliphatic rings. The van der Waals surface area contributed by atoms with Crippen LogP contribution in [0.15, 0.2) is 65.3 Å². The molecule has 1 aliphatic heterocycles. The van der Waals surface area contributed by atoms with Crippen LogP contribution in [0.4, 0.5) is 0 Å². The Balaban J connectivity index is 1.76. The second-order valence-electron chi connectivity index (χ2n) is 5.91. The van der Waals surface area contributed by atoms with E-state index in [9.17, 15) is 4.79 Å². The SMILES string of the molecule is COc1c(I)cc(I)cc1/C=C1\N=C(c2ccc3ccccc3c2)OC1=O. The molecule has 1 heterocycles. The summed E-state index contributed by atoms with van der Waals surface area (Å²) >= 11 is 4.45. The third-order valence-electron chi connectivity index (χ3n) is 4.15. The Morgan fingerprint density at radius 3 is 2.59 bits per heavy atom. The summed E-state index contributed by atoms with van der Waals surface area (Å²) in [5, 5.41) is 2.19. The van der Waals surface area contributed by atoms with Crippen molar-refractivity contribution in [3.8, 4) is 5.75 Å². The van der Waals surface area contributed by atoms with E-state index >= 15 is 0 Å². The minimum absolute atomic E-state index is 0.259. The predicted molar refractivity (Wildman–Crippen MR) is 123 cm³/mol. The number of methoxy groups -OCH3 is 1. The van der Waals surface area contributed by atoms with Gasteiger partial charge in [0.1, 0.15) is 5.75 Å². The highest BCUT2D eigenvalue weighted by atomic mass is 127. The van der Waals surface area contributed by atoms with E-state index in [1.807, 2.05) is 54.6 Å². The van der Waals surface area contributed by atoms with Crippen molar-refractivity contribution >= 4 is 73.9 Å². The Hall–Kier alpha value is -1.94. The molecule has 0 saturated carbocycles. The first-order valence-corrected chi connectivity index (χ1v) is 10.3. The smallest absolute Gasteiger partial charge is 0.363 e. The minimum Gasteiger partial charge on any atom is -0.495 e. The summed E-state index contributed by atoms with van der Waals surface area (Å²) in [6.07, 6.45) is 1.71. The number of carbonyl (C=O) groups excluding carboxylic acids is 1. The normalized spacial score (nSPS) is 15.1. The first-order valence-electron chi connectivity index (χ1n) is 8.10. The van der Waals surface area contributed by atoms with E-state index in [4.69, 9.17) is 9.47 Å². The molecule has 0 radical (unpaired) electrons. The number of carbonyl (C=O) groups is 1. The summed E-state index contributed by atoms with van der Waals surface area (Å²) < 4.78 is 12.9. The average molecular weight is 581 g/mol. The van der Waals surface area contributed by atoms with Crippen molar-refractivity contribution in [1.29, 1.82) is 0 Å². The van der Waals surface area contributed by atoms with Crippen LogP contribution in [0.25, 0.3) is 16.8 Å². The fourth-order valence-corrected chi connectivity index (χ4v) is 5.01. The number of rotatable bonds is 3. The zero-order valence-corrected chi connectivity index (χ0v) is 18.5. The molecule has 4 rings (SSSR count). The van der Waals surface area contributed by atoms with Gasteiger partial charge in [-0.1, -0.05) is 30.3 Å². The molecule has 0 saturated heterocycles. The number of halogens is 2. The van der Waals surface area contributed by atoms with Crippen molar-refractivity contribution in [2.45, 2.75) is 0 Å². The molecular formula is C21H13I2NO3. The summed E-state index contributed by atoms with van der Waals surface area (Å²) in [5.74, 6) is 0.566. The molecule has 0 fully saturated rings. The van der Waals surface area contributed by atoms with Gasteiger partial charge in [-0.25, -0.2) is 9.79 Å². The fraction of sp³-hybridized carbons (Fsp3) is 0.0476. The van der Waals surface area contributed by atoms with E-state index < -0.39 is 5.97 Å². The lowest BCUT2D eigenvalue weighted by Crippen LogP contribution is -2.05. The molecule has 0 amide bonds. The van der Waals surface area contributed by atoms with E-state index in [2.05, 4.69) is 50.2 Å². The zero-order valence-electron chi connectivity index (χ0n) is 14.2. The number of benzene rings is 3. The molecule has 134 valence electrons. The Labute approximate surface area is 183 Å². The quantitative estimate of drug-likeness (QED) is 0.237. The molecule has 0 aromatic heterocycles. The number of nitrogens with zero attached hydrogens (tertiary/aromatic N) is 1. The summed E-state index contributed by atoms with van der Waals surface area (Å²) in [6, 6.07) is 17.9. The van der Waals surface area contributed by atoms with Crippen LogP contribution in [0.3, 0.4) is 0 Å². The van der Waals surface area contributed by atoms with Gasteiger partial charge in [-0.2, -0.15) is 0 Å². The maximum atomic E-state index is 12.3. The summed E-state index contributed by atoms with van der Waals surface area (Å²) in [4.78, 5) is 16.8. The molecule has 6 heteroatoms. The summed E-state index contributed by atoms with van der Waals surface area (Å²) in [7, 11) is 1.61. The standard InChI is InChI=1S/C21H13I2NO3/c1-26-19-15(9-16(22)11-17(19)23)10-18-21(25)27-20(24-18)14-7-6-12-4-2-3-5-13(12)8-14/h2-11H,1H3/b18-10-. The molecule has 3 aromatic rings. The number of hydrogen-bond donors (Lipinski definition) is 0. The Morgan fingerprint density at radius 1 is 1.04 bits per heavy atom. The van der Waals surface area contributed by atoms with Crippen LogP contribution in [0.2, 0.25) is 0 Å². The maximum Gasteiger partial charge on any atom is 0.363 e. The largest absolute Gasteiger partial charge is 0.495 e.